The highest BCUT2D eigenvalue weighted by Crippen LogP contribution is 2.19. The summed E-state index contributed by atoms with van der Waals surface area (Å²) < 4.78 is 0. The predicted molar refractivity (Wildman–Crippen MR) is 62.7 cm³/mol. The number of ketones is 1. The number of imidazole rings is 1. The summed E-state index contributed by atoms with van der Waals surface area (Å²) in [5.74, 6) is -0.0174. The lowest BCUT2D eigenvalue weighted by atomic mass is 9.95. The van der Waals surface area contributed by atoms with E-state index in [9.17, 15) is 4.79 Å². The van der Waals surface area contributed by atoms with Gasteiger partial charge in [-0.15, -0.1) is 0 Å². The number of nitrogens with zero attached hydrogens (tertiary/aromatic N) is 1. The lowest BCUT2D eigenvalue weighted by molar-refractivity contribution is 0.103. The number of aryl methyl sites for hydroxylation is 3. The fourth-order valence-corrected chi connectivity index (χ4v) is 2.05. The molecule has 0 radical (unpaired) electrons. The second-order valence-electron chi connectivity index (χ2n) is 4.06. The third kappa shape index (κ3) is 1.76. The maximum absolute atomic E-state index is 12.2. The van der Waals surface area contributed by atoms with Crippen LogP contribution in [-0.4, -0.2) is 15.8 Å². The largest absolute Gasteiger partial charge is 0.350 e. The lowest BCUT2D eigenvalue weighted by Crippen LogP contribution is -2.07. The van der Waals surface area contributed by atoms with Gasteiger partial charge in [0.25, 0.3) is 0 Å². The number of benzene rings is 1. The van der Waals surface area contributed by atoms with Crippen LogP contribution >= 0.6 is 0 Å². The maximum atomic E-state index is 12.2. The molecule has 16 heavy (non-hydrogen) atoms. The van der Waals surface area contributed by atoms with Gasteiger partial charge < -0.3 is 4.98 Å². The minimum Gasteiger partial charge on any atom is -0.350 e. The van der Waals surface area contributed by atoms with Gasteiger partial charge in [0.1, 0.15) is 5.69 Å². The van der Waals surface area contributed by atoms with Crippen molar-refractivity contribution in [2.45, 2.75) is 20.8 Å². The van der Waals surface area contributed by atoms with Crippen LogP contribution in [0.2, 0.25) is 0 Å². The molecule has 1 N–H and O–H groups in total. The van der Waals surface area contributed by atoms with Crippen molar-refractivity contribution in [1.29, 1.82) is 0 Å². The molecule has 3 heteroatoms. The normalized spacial score (nSPS) is 10.4. The van der Waals surface area contributed by atoms with Crippen molar-refractivity contribution in [3.8, 4) is 0 Å². The second kappa shape index (κ2) is 3.93. The zero-order valence-electron chi connectivity index (χ0n) is 9.66. The molecule has 0 amide bonds. The Morgan fingerprint density at radius 1 is 1.19 bits per heavy atom. The Labute approximate surface area is 94.5 Å². The Bertz CT molecular complexity index is 504. The van der Waals surface area contributed by atoms with Crippen molar-refractivity contribution in [3.63, 3.8) is 0 Å². The summed E-state index contributed by atoms with van der Waals surface area (Å²) in [7, 11) is 0. The molecule has 0 aliphatic heterocycles. The van der Waals surface area contributed by atoms with Crippen LogP contribution in [0, 0.1) is 20.8 Å². The molecule has 0 fully saturated rings. The topological polar surface area (TPSA) is 45.8 Å². The fourth-order valence-electron chi connectivity index (χ4n) is 2.05. The Hall–Kier alpha value is -1.90. The summed E-state index contributed by atoms with van der Waals surface area (Å²) in [4.78, 5) is 19.0. The second-order valence-corrected chi connectivity index (χ2v) is 4.06. The van der Waals surface area contributed by atoms with Gasteiger partial charge in [0.05, 0.1) is 6.33 Å². The first-order chi connectivity index (χ1) is 7.59. The van der Waals surface area contributed by atoms with Crippen LogP contribution in [0.15, 0.2) is 24.7 Å². The number of hydrogen-bond donors (Lipinski definition) is 1. The third-order valence-corrected chi connectivity index (χ3v) is 2.63. The van der Waals surface area contributed by atoms with Crippen LogP contribution in [0.5, 0.6) is 0 Å². The highest BCUT2D eigenvalue weighted by atomic mass is 16.1. The summed E-state index contributed by atoms with van der Waals surface area (Å²) in [6.07, 6.45) is 3.15. The quantitative estimate of drug-likeness (QED) is 0.781. The average Bonchev–Trinajstić information content (AvgIpc) is 2.67. The van der Waals surface area contributed by atoms with E-state index < -0.39 is 0 Å². The molecular weight excluding hydrogens is 200 g/mol. The molecule has 0 aliphatic rings. The van der Waals surface area contributed by atoms with Crippen molar-refractivity contribution in [2.75, 3.05) is 0 Å². The summed E-state index contributed by atoms with van der Waals surface area (Å²) in [6.45, 7) is 5.95. The van der Waals surface area contributed by atoms with E-state index in [1.807, 2.05) is 32.9 Å². The molecule has 0 bridgehead atoms. The van der Waals surface area contributed by atoms with E-state index in [-0.39, 0.29) is 5.78 Å². The van der Waals surface area contributed by atoms with E-state index >= 15 is 0 Å². The van der Waals surface area contributed by atoms with Gasteiger partial charge in [0, 0.05) is 11.8 Å². The van der Waals surface area contributed by atoms with Crippen LogP contribution in [0.3, 0.4) is 0 Å². The zero-order valence-corrected chi connectivity index (χ0v) is 9.66. The van der Waals surface area contributed by atoms with Crippen molar-refractivity contribution in [3.05, 3.63) is 52.6 Å². The van der Waals surface area contributed by atoms with E-state index in [0.29, 0.717) is 5.69 Å². The van der Waals surface area contributed by atoms with Crippen LogP contribution in [0.1, 0.15) is 32.7 Å². The van der Waals surface area contributed by atoms with E-state index in [4.69, 9.17) is 0 Å². The molecule has 0 saturated carbocycles. The first-order valence-corrected chi connectivity index (χ1v) is 5.21. The van der Waals surface area contributed by atoms with Crippen molar-refractivity contribution in [1.82, 2.24) is 9.97 Å². The first kappa shape index (κ1) is 10.6. The van der Waals surface area contributed by atoms with Gasteiger partial charge >= 0.3 is 0 Å². The number of carbonyl (C=O) groups is 1. The van der Waals surface area contributed by atoms with Gasteiger partial charge in [0.15, 0.2) is 0 Å². The smallest absolute Gasteiger partial charge is 0.213 e. The number of aromatic amines is 1. The Morgan fingerprint density at radius 3 is 2.31 bits per heavy atom. The molecule has 0 saturated heterocycles. The number of H-pyrrole nitrogens is 1. The van der Waals surface area contributed by atoms with Gasteiger partial charge in [-0.1, -0.05) is 17.7 Å². The minimum absolute atomic E-state index is 0.0174. The van der Waals surface area contributed by atoms with E-state index in [1.54, 1.807) is 6.20 Å². The number of rotatable bonds is 2. The fraction of sp³-hybridized carbons (Fsp3) is 0.231. The predicted octanol–water partition coefficient (Wildman–Crippen LogP) is 2.57. The number of nitrogens with one attached hydrogen (secondary N) is 1. The number of aromatic nitrogens is 2. The molecule has 0 aliphatic carbocycles. The molecule has 1 heterocycles. The standard InChI is InChI=1S/C13H14N2O/c1-8-4-9(2)12(10(3)5-8)13(16)11-6-14-7-15-11/h4-7H,1-3H3,(H,14,15). The molecule has 0 atom stereocenters. The van der Waals surface area contributed by atoms with Crippen LogP contribution in [0.25, 0.3) is 0 Å². The molecule has 3 nitrogen and oxygen atoms in total. The highest BCUT2D eigenvalue weighted by Gasteiger charge is 2.16. The molecule has 0 spiro atoms. The molecule has 1 aromatic heterocycles. The van der Waals surface area contributed by atoms with Crippen molar-refractivity contribution < 1.29 is 4.79 Å². The molecule has 2 aromatic rings. The maximum Gasteiger partial charge on any atom is 0.213 e. The zero-order chi connectivity index (χ0) is 11.7. The Morgan fingerprint density at radius 2 is 1.81 bits per heavy atom. The Kier molecular flexibility index (Phi) is 2.60. The van der Waals surface area contributed by atoms with Crippen LogP contribution < -0.4 is 0 Å². The molecule has 82 valence electrons. The van der Waals surface area contributed by atoms with Gasteiger partial charge in [0.2, 0.25) is 5.78 Å². The van der Waals surface area contributed by atoms with Gasteiger partial charge in [-0.25, -0.2) is 4.98 Å². The van der Waals surface area contributed by atoms with Crippen molar-refractivity contribution >= 4 is 5.78 Å². The SMILES string of the molecule is Cc1cc(C)c(C(=O)c2c[nH]cn2)c(C)c1. The number of hydrogen-bond acceptors (Lipinski definition) is 2. The first-order valence-electron chi connectivity index (χ1n) is 5.21. The average molecular weight is 214 g/mol. The summed E-state index contributed by atoms with van der Waals surface area (Å²) >= 11 is 0. The molecule has 0 unspecified atom stereocenters. The van der Waals surface area contributed by atoms with Crippen molar-refractivity contribution in [2.24, 2.45) is 0 Å². The minimum atomic E-state index is -0.0174. The summed E-state index contributed by atoms with van der Waals surface area (Å²) in [5.41, 5.74) is 4.41. The Balaban J connectivity index is 2.53. The van der Waals surface area contributed by atoms with Gasteiger partial charge in [-0.3, -0.25) is 4.79 Å². The van der Waals surface area contributed by atoms with Gasteiger partial charge in [-0.2, -0.15) is 0 Å². The third-order valence-electron chi connectivity index (χ3n) is 2.63. The van der Waals surface area contributed by atoms with Gasteiger partial charge in [-0.05, 0) is 31.9 Å². The number of carbonyl (C=O) groups excluding carboxylic acids is 1. The summed E-state index contributed by atoms with van der Waals surface area (Å²) in [5, 5.41) is 0. The highest BCUT2D eigenvalue weighted by molar-refractivity contribution is 6.09. The molecule has 1 aromatic carbocycles. The van der Waals surface area contributed by atoms with Crippen LogP contribution in [-0.2, 0) is 0 Å². The lowest BCUT2D eigenvalue weighted by Gasteiger charge is -2.08. The molecular formula is C13H14N2O. The monoisotopic (exact) mass is 214 g/mol. The van der Waals surface area contributed by atoms with E-state index in [2.05, 4.69) is 9.97 Å². The summed E-state index contributed by atoms with van der Waals surface area (Å²) in [6, 6.07) is 4.04. The van der Waals surface area contributed by atoms with E-state index in [0.717, 1.165) is 16.7 Å². The van der Waals surface area contributed by atoms with E-state index in [1.165, 1.54) is 11.9 Å². The molecule has 2 rings (SSSR count). The van der Waals surface area contributed by atoms with Crippen LogP contribution in [0.4, 0.5) is 0 Å².